The quantitative estimate of drug-likeness (QED) is 0.328. The molecule has 0 fully saturated rings. The van der Waals surface area contributed by atoms with Crippen LogP contribution in [0.15, 0.2) is 53.7 Å². The molecule has 0 bridgehead atoms. The molecule has 0 aliphatic heterocycles. The first-order chi connectivity index (χ1) is 14.5. The van der Waals surface area contributed by atoms with Crippen molar-refractivity contribution in [1.29, 1.82) is 0 Å². The molecule has 30 heavy (non-hydrogen) atoms. The molecule has 3 aromatic rings. The number of nitrogens with zero attached hydrogens (tertiary/aromatic N) is 2. The van der Waals surface area contributed by atoms with Gasteiger partial charge < -0.3 is 21.1 Å². The summed E-state index contributed by atoms with van der Waals surface area (Å²) in [5.41, 5.74) is 1.04. The number of hydrogen-bond acceptors (Lipinski definition) is 5. The van der Waals surface area contributed by atoms with E-state index in [0.717, 1.165) is 20.5 Å². The van der Waals surface area contributed by atoms with Gasteiger partial charge in [0.1, 0.15) is 11.9 Å². The van der Waals surface area contributed by atoms with E-state index in [0.29, 0.717) is 24.9 Å². The summed E-state index contributed by atoms with van der Waals surface area (Å²) in [5, 5.41) is 20.7. The van der Waals surface area contributed by atoms with Crippen molar-refractivity contribution in [1.82, 2.24) is 15.6 Å². The summed E-state index contributed by atoms with van der Waals surface area (Å²) in [6, 6.07) is 13.7. The number of fused-ring (bicyclic) bond motifs is 1. The van der Waals surface area contributed by atoms with Gasteiger partial charge in [0, 0.05) is 35.3 Å². The van der Waals surface area contributed by atoms with Crippen LogP contribution in [0, 0.1) is 6.92 Å². The monoisotopic (exact) mass is 425 g/mol. The van der Waals surface area contributed by atoms with Gasteiger partial charge in [-0.3, -0.25) is 9.79 Å². The van der Waals surface area contributed by atoms with Crippen molar-refractivity contribution in [3.63, 3.8) is 0 Å². The number of carbonyl (C=O) groups is 1. The highest BCUT2D eigenvalue weighted by atomic mass is 32.1. The first-order valence-corrected chi connectivity index (χ1v) is 10.8. The SMILES string of the molecule is CCNC(=NCC(O)c1cc2ccccc2s1)NCCC(=O)Nc1ccc(C)cn1. The van der Waals surface area contributed by atoms with Crippen LogP contribution in [-0.2, 0) is 4.79 Å². The maximum absolute atomic E-state index is 12.1. The minimum absolute atomic E-state index is 0.125. The number of nitrogens with one attached hydrogen (secondary N) is 3. The molecule has 1 atom stereocenters. The van der Waals surface area contributed by atoms with Crippen molar-refractivity contribution in [3.05, 3.63) is 59.1 Å². The average Bonchev–Trinajstić information content (AvgIpc) is 3.18. The van der Waals surface area contributed by atoms with Crippen molar-refractivity contribution in [2.75, 3.05) is 25.0 Å². The lowest BCUT2D eigenvalue weighted by molar-refractivity contribution is -0.116. The third kappa shape index (κ3) is 6.27. The second kappa shape index (κ2) is 10.7. The van der Waals surface area contributed by atoms with Gasteiger partial charge in [-0.15, -0.1) is 11.3 Å². The number of carbonyl (C=O) groups excluding carboxylic acids is 1. The second-order valence-corrected chi connectivity index (χ2v) is 7.98. The Balaban J connectivity index is 1.49. The van der Waals surface area contributed by atoms with E-state index in [1.54, 1.807) is 23.6 Å². The number of anilines is 1. The van der Waals surface area contributed by atoms with Crippen LogP contribution in [-0.4, -0.2) is 41.6 Å². The van der Waals surface area contributed by atoms with Crippen molar-refractivity contribution in [3.8, 4) is 0 Å². The zero-order valence-corrected chi connectivity index (χ0v) is 18.0. The molecular weight excluding hydrogens is 398 g/mol. The third-order valence-corrected chi connectivity index (χ3v) is 5.58. The number of aliphatic hydroxyl groups is 1. The maximum atomic E-state index is 12.1. The zero-order chi connectivity index (χ0) is 21.3. The fourth-order valence-electron chi connectivity index (χ4n) is 2.82. The smallest absolute Gasteiger partial charge is 0.227 e. The van der Waals surface area contributed by atoms with E-state index in [-0.39, 0.29) is 18.9 Å². The van der Waals surface area contributed by atoms with Gasteiger partial charge in [0.15, 0.2) is 5.96 Å². The number of benzene rings is 1. The van der Waals surface area contributed by atoms with Gasteiger partial charge in [-0.1, -0.05) is 24.3 Å². The lowest BCUT2D eigenvalue weighted by atomic mass is 10.2. The van der Waals surface area contributed by atoms with Crippen molar-refractivity contribution in [2.24, 2.45) is 4.99 Å². The molecule has 0 aliphatic carbocycles. The number of pyridine rings is 1. The summed E-state index contributed by atoms with van der Waals surface area (Å²) in [4.78, 5) is 21.6. The molecule has 0 saturated carbocycles. The van der Waals surface area contributed by atoms with Gasteiger partial charge in [0.25, 0.3) is 0 Å². The van der Waals surface area contributed by atoms with Crippen molar-refractivity contribution >= 4 is 39.1 Å². The van der Waals surface area contributed by atoms with E-state index in [9.17, 15) is 9.90 Å². The highest BCUT2D eigenvalue weighted by molar-refractivity contribution is 7.19. The van der Waals surface area contributed by atoms with Crippen LogP contribution in [0.1, 0.15) is 29.9 Å². The van der Waals surface area contributed by atoms with Crippen molar-refractivity contribution < 1.29 is 9.90 Å². The van der Waals surface area contributed by atoms with Crippen LogP contribution in [0.4, 0.5) is 5.82 Å². The number of aromatic nitrogens is 1. The van der Waals surface area contributed by atoms with E-state index in [1.165, 1.54) is 0 Å². The molecule has 0 spiro atoms. The minimum atomic E-state index is -0.672. The number of thiophene rings is 1. The largest absolute Gasteiger partial charge is 0.386 e. The highest BCUT2D eigenvalue weighted by Gasteiger charge is 2.11. The third-order valence-electron chi connectivity index (χ3n) is 4.36. The predicted molar refractivity (Wildman–Crippen MR) is 123 cm³/mol. The summed E-state index contributed by atoms with van der Waals surface area (Å²) in [7, 11) is 0. The molecule has 2 aromatic heterocycles. The zero-order valence-electron chi connectivity index (χ0n) is 17.2. The van der Waals surface area contributed by atoms with Crippen LogP contribution >= 0.6 is 11.3 Å². The number of aliphatic imine (C=N–C) groups is 1. The molecule has 158 valence electrons. The summed E-state index contributed by atoms with van der Waals surface area (Å²) in [5.74, 6) is 0.983. The van der Waals surface area contributed by atoms with E-state index < -0.39 is 6.10 Å². The summed E-state index contributed by atoms with van der Waals surface area (Å²) < 4.78 is 1.15. The molecule has 8 heteroatoms. The lowest BCUT2D eigenvalue weighted by Crippen LogP contribution is -2.39. The minimum Gasteiger partial charge on any atom is -0.386 e. The van der Waals surface area contributed by atoms with Crippen LogP contribution in [0.5, 0.6) is 0 Å². The number of rotatable bonds is 8. The Labute approximate surface area is 180 Å². The first-order valence-electron chi connectivity index (χ1n) is 9.96. The Morgan fingerprint density at radius 2 is 2.07 bits per heavy atom. The van der Waals surface area contributed by atoms with Gasteiger partial charge in [-0.25, -0.2) is 4.98 Å². The molecule has 1 aromatic carbocycles. The first kappa shape index (κ1) is 21.7. The highest BCUT2D eigenvalue weighted by Crippen LogP contribution is 2.29. The molecule has 3 rings (SSSR count). The van der Waals surface area contributed by atoms with E-state index in [4.69, 9.17) is 0 Å². The molecule has 0 aliphatic rings. The molecule has 4 N–H and O–H groups in total. The number of amides is 1. The fraction of sp³-hybridized carbons (Fsp3) is 0.318. The Hall–Kier alpha value is -2.97. The van der Waals surface area contributed by atoms with Gasteiger partial charge in [-0.05, 0) is 43.0 Å². The number of hydrogen-bond donors (Lipinski definition) is 4. The van der Waals surface area contributed by atoms with Crippen LogP contribution in [0.2, 0.25) is 0 Å². The van der Waals surface area contributed by atoms with Crippen LogP contribution in [0.25, 0.3) is 10.1 Å². The number of aryl methyl sites for hydroxylation is 1. The van der Waals surface area contributed by atoms with Gasteiger partial charge in [-0.2, -0.15) is 0 Å². The Bertz CT molecular complexity index is 967. The van der Waals surface area contributed by atoms with Crippen LogP contribution in [0.3, 0.4) is 0 Å². The molecule has 0 saturated heterocycles. The topological polar surface area (TPSA) is 98.6 Å². The molecular formula is C22H27N5O2S. The molecule has 7 nitrogen and oxygen atoms in total. The fourth-order valence-corrected chi connectivity index (χ4v) is 3.86. The van der Waals surface area contributed by atoms with Gasteiger partial charge >= 0.3 is 0 Å². The molecule has 0 radical (unpaired) electrons. The van der Waals surface area contributed by atoms with Crippen molar-refractivity contribution in [2.45, 2.75) is 26.4 Å². The van der Waals surface area contributed by atoms with Gasteiger partial charge in [0.05, 0.1) is 6.54 Å². The molecule has 1 amide bonds. The van der Waals surface area contributed by atoms with E-state index in [1.807, 2.05) is 50.2 Å². The molecule has 1 unspecified atom stereocenters. The van der Waals surface area contributed by atoms with E-state index >= 15 is 0 Å². The number of guanidine groups is 1. The average molecular weight is 426 g/mol. The Morgan fingerprint density at radius 3 is 2.80 bits per heavy atom. The maximum Gasteiger partial charge on any atom is 0.227 e. The number of aliphatic hydroxyl groups excluding tert-OH is 1. The Morgan fingerprint density at radius 1 is 1.23 bits per heavy atom. The second-order valence-electron chi connectivity index (χ2n) is 6.87. The van der Waals surface area contributed by atoms with Gasteiger partial charge in [0.2, 0.25) is 5.91 Å². The lowest BCUT2D eigenvalue weighted by Gasteiger charge is -2.12. The molecule has 2 heterocycles. The Kier molecular flexibility index (Phi) is 7.75. The predicted octanol–water partition coefficient (Wildman–Crippen LogP) is 3.22. The standard InChI is InChI=1S/C22H27N5O2S/c1-3-23-22(24-11-10-21(29)27-20-9-8-15(2)13-25-20)26-14-17(28)19-12-16-6-4-5-7-18(16)30-19/h4-9,12-13,17,28H,3,10-11,14H2,1-2H3,(H2,23,24,26)(H,25,27,29). The van der Waals surface area contributed by atoms with Crippen LogP contribution < -0.4 is 16.0 Å². The summed E-state index contributed by atoms with van der Waals surface area (Å²) in [6.45, 7) is 5.26. The van der Waals surface area contributed by atoms with E-state index in [2.05, 4.69) is 25.9 Å². The summed E-state index contributed by atoms with van der Waals surface area (Å²) >= 11 is 1.57. The normalized spacial score (nSPS) is 12.6. The summed E-state index contributed by atoms with van der Waals surface area (Å²) in [6.07, 6.45) is 1.32.